The largest absolute Gasteiger partial charge is 0.327 e. The van der Waals surface area contributed by atoms with Gasteiger partial charge in [-0.1, -0.05) is 6.92 Å². The monoisotopic (exact) mass is 144 g/mol. The summed E-state index contributed by atoms with van der Waals surface area (Å²) >= 11 is 0. The maximum Gasteiger partial charge on any atom is 0.0139 e. The van der Waals surface area contributed by atoms with Gasteiger partial charge in [-0.25, -0.2) is 0 Å². The van der Waals surface area contributed by atoms with Crippen LogP contribution >= 0.6 is 0 Å². The van der Waals surface area contributed by atoms with E-state index >= 15 is 0 Å². The first-order valence-electron chi connectivity index (χ1n) is 4.03. The van der Waals surface area contributed by atoms with Crippen LogP contribution in [0.2, 0.25) is 0 Å². The van der Waals surface area contributed by atoms with Gasteiger partial charge in [0, 0.05) is 18.6 Å². The first-order chi connectivity index (χ1) is 4.57. The van der Waals surface area contributed by atoms with Gasteiger partial charge < -0.3 is 10.6 Å². The van der Waals surface area contributed by atoms with Gasteiger partial charge in [0.1, 0.15) is 0 Å². The third-order valence-corrected chi connectivity index (χ3v) is 1.92. The molecule has 0 aliphatic heterocycles. The minimum atomic E-state index is 0.291. The zero-order valence-electron chi connectivity index (χ0n) is 7.59. The Kier molecular flexibility index (Phi) is 4.65. The molecule has 0 aliphatic carbocycles. The summed E-state index contributed by atoms with van der Waals surface area (Å²) in [6.07, 6.45) is 1.20. The van der Waals surface area contributed by atoms with Gasteiger partial charge in [-0.3, -0.25) is 0 Å². The second kappa shape index (κ2) is 4.69. The molecule has 0 aromatic rings. The quantitative estimate of drug-likeness (QED) is 0.639. The van der Waals surface area contributed by atoms with Crippen molar-refractivity contribution >= 4 is 0 Å². The van der Waals surface area contributed by atoms with E-state index in [1.807, 2.05) is 6.92 Å². The van der Waals surface area contributed by atoms with Crippen LogP contribution in [0.25, 0.3) is 0 Å². The standard InChI is InChI=1S/C8H20N2/c1-5-8(3)10(4)6-7(2)9/h7-8H,5-6,9H2,1-4H3. The van der Waals surface area contributed by atoms with Crippen LogP contribution in [0, 0.1) is 0 Å². The van der Waals surface area contributed by atoms with E-state index in [4.69, 9.17) is 5.73 Å². The molecule has 2 nitrogen and oxygen atoms in total. The summed E-state index contributed by atoms with van der Waals surface area (Å²) in [7, 11) is 2.12. The first kappa shape index (κ1) is 9.92. The molecule has 0 bridgehead atoms. The highest BCUT2D eigenvalue weighted by molar-refractivity contribution is 4.65. The van der Waals surface area contributed by atoms with Crippen molar-refractivity contribution in [3.63, 3.8) is 0 Å². The third kappa shape index (κ3) is 3.85. The summed E-state index contributed by atoms with van der Waals surface area (Å²) in [5.74, 6) is 0. The lowest BCUT2D eigenvalue weighted by molar-refractivity contribution is 0.241. The molecular formula is C8H20N2. The lowest BCUT2D eigenvalue weighted by Crippen LogP contribution is -2.37. The van der Waals surface area contributed by atoms with E-state index in [9.17, 15) is 0 Å². The number of nitrogens with two attached hydrogens (primary N) is 1. The molecule has 2 unspecified atom stereocenters. The van der Waals surface area contributed by atoms with Gasteiger partial charge in [0.25, 0.3) is 0 Å². The van der Waals surface area contributed by atoms with E-state index in [-0.39, 0.29) is 0 Å². The van der Waals surface area contributed by atoms with Crippen LogP contribution in [-0.2, 0) is 0 Å². The average Bonchev–Trinajstić information content (AvgIpc) is 1.85. The van der Waals surface area contributed by atoms with Crippen LogP contribution in [0.4, 0.5) is 0 Å². The van der Waals surface area contributed by atoms with E-state index in [1.165, 1.54) is 6.42 Å². The number of hydrogen-bond acceptors (Lipinski definition) is 2. The number of hydrogen-bond donors (Lipinski definition) is 1. The predicted octanol–water partition coefficient (Wildman–Crippen LogP) is 1.06. The van der Waals surface area contributed by atoms with Crippen molar-refractivity contribution in [2.75, 3.05) is 13.6 Å². The fourth-order valence-electron chi connectivity index (χ4n) is 0.946. The molecule has 62 valence electrons. The number of nitrogens with zero attached hydrogens (tertiary/aromatic N) is 1. The predicted molar refractivity (Wildman–Crippen MR) is 46.0 cm³/mol. The SMILES string of the molecule is CCC(C)N(C)CC(C)N. The van der Waals surface area contributed by atoms with E-state index in [1.54, 1.807) is 0 Å². The molecule has 0 saturated heterocycles. The molecule has 0 spiro atoms. The molecule has 0 aromatic carbocycles. The first-order valence-corrected chi connectivity index (χ1v) is 4.03. The fraction of sp³-hybridized carbons (Fsp3) is 1.00. The van der Waals surface area contributed by atoms with Crippen molar-refractivity contribution < 1.29 is 0 Å². The third-order valence-electron chi connectivity index (χ3n) is 1.92. The van der Waals surface area contributed by atoms with Crippen LogP contribution < -0.4 is 5.73 Å². The van der Waals surface area contributed by atoms with E-state index in [2.05, 4.69) is 25.8 Å². The molecule has 0 rings (SSSR count). The number of rotatable bonds is 4. The Morgan fingerprint density at radius 3 is 2.20 bits per heavy atom. The van der Waals surface area contributed by atoms with Crippen molar-refractivity contribution in [1.82, 2.24) is 4.90 Å². The summed E-state index contributed by atoms with van der Waals surface area (Å²) in [5, 5.41) is 0. The topological polar surface area (TPSA) is 29.3 Å². The molecule has 0 radical (unpaired) electrons. The van der Waals surface area contributed by atoms with E-state index in [0.717, 1.165) is 6.54 Å². The molecule has 2 heteroatoms. The zero-order valence-corrected chi connectivity index (χ0v) is 7.59. The van der Waals surface area contributed by atoms with Gasteiger partial charge in [-0.2, -0.15) is 0 Å². The van der Waals surface area contributed by atoms with Gasteiger partial charge in [0.05, 0.1) is 0 Å². The van der Waals surface area contributed by atoms with Crippen molar-refractivity contribution in [2.45, 2.75) is 39.3 Å². The van der Waals surface area contributed by atoms with Gasteiger partial charge in [0.15, 0.2) is 0 Å². The van der Waals surface area contributed by atoms with Crippen LogP contribution in [0.3, 0.4) is 0 Å². The lowest BCUT2D eigenvalue weighted by Gasteiger charge is -2.24. The smallest absolute Gasteiger partial charge is 0.0139 e. The van der Waals surface area contributed by atoms with Gasteiger partial charge in [-0.15, -0.1) is 0 Å². The molecular weight excluding hydrogens is 124 g/mol. The molecule has 0 heterocycles. The Morgan fingerprint density at radius 1 is 1.40 bits per heavy atom. The molecule has 10 heavy (non-hydrogen) atoms. The fourth-order valence-corrected chi connectivity index (χ4v) is 0.946. The summed E-state index contributed by atoms with van der Waals surface area (Å²) in [5.41, 5.74) is 5.64. The van der Waals surface area contributed by atoms with Crippen molar-refractivity contribution in [3.05, 3.63) is 0 Å². The molecule has 0 amide bonds. The maximum absolute atomic E-state index is 5.64. The molecule has 2 N–H and O–H groups in total. The highest BCUT2D eigenvalue weighted by Crippen LogP contribution is 1.99. The average molecular weight is 144 g/mol. The normalized spacial score (nSPS) is 17.4. The second-order valence-corrected chi connectivity index (χ2v) is 3.17. The zero-order chi connectivity index (χ0) is 8.15. The summed E-state index contributed by atoms with van der Waals surface area (Å²) < 4.78 is 0. The molecule has 0 saturated carbocycles. The van der Waals surface area contributed by atoms with Crippen LogP contribution in [0.5, 0.6) is 0 Å². The highest BCUT2D eigenvalue weighted by atomic mass is 15.1. The summed E-state index contributed by atoms with van der Waals surface area (Å²) in [6.45, 7) is 7.46. The minimum absolute atomic E-state index is 0.291. The van der Waals surface area contributed by atoms with Gasteiger partial charge >= 0.3 is 0 Å². The Morgan fingerprint density at radius 2 is 1.90 bits per heavy atom. The van der Waals surface area contributed by atoms with E-state index in [0.29, 0.717) is 12.1 Å². The number of likely N-dealkylation sites (N-methyl/N-ethyl adjacent to an activating group) is 1. The van der Waals surface area contributed by atoms with Gasteiger partial charge in [-0.05, 0) is 27.3 Å². The van der Waals surface area contributed by atoms with E-state index < -0.39 is 0 Å². The van der Waals surface area contributed by atoms with Crippen molar-refractivity contribution in [2.24, 2.45) is 5.73 Å². The Labute approximate surface area is 64.4 Å². The Balaban J connectivity index is 3.50. The summed E-state index contributed by atoms with van der Waals surface area (Å²) in [4.78, 5) is 2.30. The minimum Gasteiger partial charge on any atom is -0.327 e. The molecule has 0 fully saturated rings. The van der Waals surface area contributed by atoms with Crippen LogP contribution in [0.15, 0.2) is 0 Å². The Hall–Kier alpha value is -0.0800. The van der Waals surface area contributed by atoms with Crippen LogP contribution in [-0.4, -0.2) is 30.6 Å². The van der Waals surface area contributed by atoms with Gasteiger partial charge in [0.2, 0.25) is 0 Å². The second-order valence-electron chi connectivity index (χ2n) is 3.17. The molecule has 0 aliphatic rings. The lowest BCUT2D eigenvalue weighted by atomic mass is 10.2. The Bertz CT molecular complexity index is 81.3. The van der Waals surface area contributed by atoms with Crippen LogP contribution in [0.1, 0.15) is 27.2 Å². The van der Waals surface area contributed by atoms with Crippen molar-refractivity contribution in [3.8, 4) is 0 Å². The maximum atomic E-state index is 5.64. The summed E-state index contributed by atoms with van der Waals surface area (Å²) in [6, 6.07) is 0.949. The molecule has 0 aromatic heterocycles. The van der Waals surface area contributed by atoms with Crippen molar-refractivity contribution in [1.29, 1.82) is 0 Å². The highest BCUT2D eigenvalue weighted by Gasteiger charge is 2.07. The molecule has 2 atom stereocenters.